The second kappa shape index (κ2) is 10.7. The van der Waals surface area contributed by atoms with E-state index < -0.39 is 11.5 Å². The Bertz CT molecular complexity index is 1260. The first kappa shape index (κ1) is 25.9. The van der Waals surface area contributed by atoms with E-state index in [1.54, 1.807) is 31.7 Å². The van der Waals surface area contributed by atoms with Gasteiger partial charge in [0.2, 0.25) is 0 Å². The van der Waals surface area contributed by atoms with Crippen molar-refractivity contribution in [1.82, 2.24) is 4.57 Å². The zero-order valence-electron chi connectivity index (χ0n) is 21.1. The summed E-state index contributed by atoms with van der Waals surface area (Å²) in [7, 11) is 1.61. The minimum absolute atomic E-state index is 0.0931. The Hall–Kier alpha value is -3.71. The second-order valence-corrected chi connectivity index (χ2v) is 9.42. The smallest absolute Gasteiger partial charge is 0.283 e. The van der Waals surface area contributed by atoms with E-state index >= 15 is 0 Å². The van der Waals surface area contributed by atoms with Crippen LogP contribution in [0, 0.1) is 6.92 Å². The van der Waals surface area contributed by atoms with Crippen LogP contribution >= 0.6 is 0 Å². The Kier molecular flexibility index (Phi) is 7.92. The van der Waals surface area contributed by atoms with Crippen LogP contribution in [0.15, 0.2) is 65.6 Å². The molecule has 1 atom stereocenters. The van der Waals surface area contributed by atoms with Gasteiger partial charge in [-0.25, -0.2) is 0 Å². The first-order valence-corrected chi connectivity index (χ1v) is 11.6. The third-order valence-electron chi connectivity index (χ3n) is 6.54. The quantitative estimate of drug-likeness (QED) is 0.495. The fraction of sp³-hybridized carbons (Fsp3) is 0.321. The average molecular weight is 477 g/mol. The Morgan fingerprint density at radius 2 is 1.63 bits per heavy atom. The van der Waals surface area contributed by atoms with Crippen LogP contribution in [0.2, 0.25) is 0 Å². The second-order valence-electron chi connectivity index (χ2n) is 9.42. The molecule has 7 heteroatoms. The predicted molar refractivity (Wildman–Crippen MR) is 137 cm³/mol. The van der Waals surface area contributed by atoms with Crippen molar-refractivity contribution in [2.75, 3.05) is 12.4 Å². The van der Waals surface area contributed by atoms with Crippen molar-refractivity contribution in [3.8, 4) is 5.75 Å². The highest BCUT2D eigenvalue weighted by molar-refractivity contribution is 5.94. The van der Waals surface area contributed by atoms with Crippen molar-refractivity contribution < 1.29 is 20.1 Å². The first-order valence-electron chi connectivity index (χ1n) is 11.6. The number of anilines is 1. The monoisotopic (exact) mass is 476 g/mol. The molecule has 3 aromatic rings. The number of methoxy groups -OCH3 is 1. The van der Waals surface area contributed by atoms with E-state index in [0.29, 0.717) is 18.5 Å². The molecule has 0 saturated heterocycles. The molecule has 0 fully saturated rings. The number of hydrogen-bond acceptors (Lipinski definition) is 4. The summed E-state index contributed by atoms with van der Waals surface area (Å²) < 4.78 is 6.75. The highest BCUT2D eigenvalue weighted by Crippen LogP contribution is 2.24. The normalized spacial score (nSPS) is 12.2. The molecule has 1 aromatic heterocycles. The van der Waals surface area contributed by atoms with Gasteiger partial charge in [-0.05, 0) is 68.1 Å². The van der Waals surface area contributed by atoms with E-state index in [9.17, 15) is 14.4 Å². The Morgan fingerprint density at radius 1 is 1.03 bits per heavy atom. The van der Waals surface area contributed by atoms with Gasteiger partial charge in [-0.3, -0.25) is 14.4 Å². The van der Waals surface area contributed by atoms with Crippen LogP contribution in [-0.4, -0.2) is 29.4 Å². The molecular formula is C28H34N3O4+. The largest absolute Gasteiger partial charge is 0.497 e. The third-order valence-corrected chi connectivity index (χ3v) is 6.54. The standard InChI is InChI=1S/C28H33N3O4/c1-18-14-15-31(17-21-8-12-23(35-5)13-9-21)27(34)25(18)30-26(33)24(29)16-20-6-10-22(11-7-20)28(3,4)19(2)32/h6-15,24H,16-17,29H2,1-5H3,(H,30,33)/p+1. The molecule has 2 aromatic carbocycles. The number of aryl methyl sites for hydroxylation is 1. The molecule has 0 saturated carbocycles. The van der Waals surface area contributed by atoms with E-state index in [1.807, 2.05) is 68.4 Å². The molecule has 7 nitrogen and oxygen atoms in total. The Labute approximate surface area is 205 Å². The van der Waals surface area contributed by atoms with Crippen molar-refractivity contribution in [2.45, 2.75) is 52.1 Å². The summed E-state index contributed by atoms with van der Waals surface area (Å²) in [5, 5.41) is 2.79. The van der Waals surface area contributed by atoms with E-state index in [1.165, 1.54) is 0 Å². The molecule has 0 aliphatic carbocycles. The van der Waals surface area contributed by atoms with Crippen molar-refractivity contribution in [2.24, 2.45) is 0 Å². The lowest BCUT2D eigenvalue weighted by atomic mass is 9.81. The van der Waals surface area contributed by atoms with E-state index in [0.717, 1.165) is 22.4 Å². The molecule has 0 spiro atoms. The number of ether oxygens (including phenoxy) is 1. The van der Waals surface area contributed by atoms with Crippen molar-refractivity contribution >= 4 is 17.4 Å². The van der Waals surface area contributed by atoms with Crippen LogP contribution in [0.1, 0.15) is 43.0 Å². The molecule has 184 valence electrons. The van der Waals surface area contributed by atoms with Gasteiger partial charge in [-0.15, -0.1) is 0 Å². The van der Waals surface area contributed by atoms with Crippen molar-refractivity contribution in [1.29, 1.82) is 0 Å². The molecule has 1 heterocycles. The van der Waals surface area contributed by atoms with Gasteiger partial charge in [0.05, 0.1) is 13.7 Å². The zero-order valence-corrected chi connectivity index (χ0v) is 21.1. The molecule has 0 aliphatic rings. The molecule has 0 bridgehead atoms. The van der Waals surface area contributed by atoms with Crippen LogP contribution in [-0.2, 0) is 28.0 Å². The SMILES string of the molecule is COc1ccc(Cn2ccc(C)c(NC(=O)C([NH3+])Cc3ccc(C(C)(C)C(C)=O)cc3)c2=O)cc1. The number of benzene rings is 2. The van der Waals surface area contributed by atoms with Crippen molar-refractivity contribution in [3.05, 3.63) is 93.4 Å². The maximum Gasteiger partial charge on any atom is 0.283 e. The molecule has 0 aliphatic heterocycles. The number of nitrogens with one attached hydrogen (secondary N) is 1. The predicted octanol–water partition coefficient (Wildman–Crippen LogP) is 2.87. The maximum atomic E-state index is 13.1. The number of amides is 1. The highest BCUT2D eigenvalue weighted by atomic mass is 16.5. The lowest BCUT2D eigenvalue weighted by Gasteiger charge is -2.22. The summed E-state index contributed by atoms with van der Waals surface area (Å²) in [4.78, 5) is 37.9. The molecule has 1 amide bonds. The number of quaternary nitrogens is 1. The lowest BCUT2D eigenvalue weighted by molar-refractivity contribution is -0.402. The van der Waals surface area contributed by atoms with Gasteiger partial charge in [-0.1, -0.05) is 36.4 Å². The Balaban J connectivity index is 1.71. The number of pyridine rings is 1. The van der Waals surface area contributed by atoms with Crippen LogP contribution in [0.25, 0.3) is 0 Å². The number of Topliss-reactive ketones (excluding diaryl/α,β-unsaturated/α-hetero) is 1. The van der Waals surface area contributed by atoms with Gasteiger partial charge in [0.1, 0.15) is 17.2 Å². The highest BCUT2D eigenvalue weighted by Gasteiger charge is 2.26. The summed E-state index contributed by atoms with van der Waals surface area (Å²) in [6.07, 6.45) is 2.14. The summed E-state index contributed by atoms with van der Waals surface area (Å²) in [5.41, 5.74) is 6.94. The summed E-state index contributed by atoms with van der Waals surface area (Å²) in [6, 6.07) is 16.4. The fourth-order valence-electron chi connectivity index (χ4n) is 3.73. The van der Waals surface area contributed by atoms with Gasteiger partial charge in [-0.2, -0.15) is 0 Å². The van der Waals surface area contributed by atoms with Crippen LogP contribution in [0.5, 0.6) is 5.75 Å². The summed E-state index contributed by atoms with van der Waals surface area (Å²) in [6.45, 7) is 7.54. The molecule has 35 heavy (non-hydrogen) atoms. The number of ketones is 1. The van der Waals surface area contributed by atoms with Crippen LogP contribution in [0.3, 0.4) is 0 Å². The van der Waals surface area contributed by atoms with Crippen molar-refractivity contribution in [3.63, 3.8) is 0 Å². The summed E-state index contributed by atoms with van der Waals surface area (Å²) in [5.74, 6) is 0.521. The third kappa shape index (κ3) is 6.05. The van der Waals surface area contributed by atoms with Crippen LogP contribution in [0.4, 0.5) is 5.69 Å². The number of nitrogens with zero attached hydrogens (tertiary/aromatic N) is 1. The fourth-order valence-corrected chi connectivity index (χ4v) is 3.73. The van der Waals surface area contributed by atoms with E-state index in [-0.39, 0.29) is 22.9 Å². The molecule has 1 unspecified atom stereocenters. The van der Waals surface area contributed by atoms with Crippen LogP contribution < -0.4 is 21.3 Å². The Morgan fingerprint density at radius 3 is 2.20 bits per heavy atom. The van der Waals surface area contributed by atoms with Gasteiger partial charge in [0.15, 0.2) is 6.04 Å². The lowest BCUT2D eigenvalue weighted by Crippen LogP contribution is -2.67. The number of carbonyl (C=O) groups is 2. The molecule has 3 rings (SSSR count). The minimum Gasteiger partial charge on any atom is -0.497 e. The van der Waals surface area contributed by atoms with Gasteiger partial charge < -0.3 is 20.4 Å². The minimum atomic E-state index is -0.587. The van der Waals surface area contributed by atoms with Gasteiger partial charge in [0, 0.05) is 18.0 Å². The number of carbonyl (C=O) groups excluding carboxylic acids is 2. The number of aromatic nitrogens is 1. The summed E-state index contributed by atoms with van der Waals surface area (Å²) >= 11 is 0. The first-order chi connectivity index (χ1) is 16.5. The number of hydrogen-bond donors (Lipinski definition) is 2. The van der Waals surface area contributed by atoms with E-state index in [2.05, 4.69) is 11.1 Å². The van der Waals surface area contributed by atoms with Gasteiger partial charge >= 0.3 is 0 Å². The molecular weight excluding hydrogens is 442 g/mol. The topological polar surface area (TPSA) is 105 Å². The van der Waals surface area contributed by atoms with E-state index in [4.69, 9.17) is 4.74 Å². The zero-order chi connectivity index (χ0) is 25.8. The molecule has 4 N–H and O–H groups in total. The van der Waals surface area contributed by atoms with Gasteiger partial charge in [0.25, 0.3) is 11.5 Å². The maximum absolute atomic E-state index is 13.1. The number of rotatable bonds is 9. The molecule has 0 radical (unpaired) electrons. The average Bonchev–Trinajstić information content (AvgIpc) is 2.84.